The Morgan fingerprint density at radius 1 is 1.39 bits per heavy atom. The van der Waals surface area contributed by atoms with Crippen molar-refractivity contribution in [1.82, 2.24) is 19.8 Å². The van der Waals surface area contributed by atoms with Gasteiger partial charge in [0.25, 0.3) is 0 Å². The van der Waals surface area contributed by atoms with E-state index in [9.17, 15) is 0 Å². The summed E-state index contributed by atoms with van der Waals surface area (Å²) < 4.78 is 2.10. The Balaban J connectivity index is 1.78. The first kappa shape index (κ1) is 13.6. The van der Waals surface area contributed by atoms with Crippen molar-refractivity contribution in [3.63, 3.8) is 0 Å². The van der Waals surface area contributed by atoms with Gasteiger partial charge in [-0.2, -0.15) is 0 Å². The summed E-state index contributed by atoms with van der Waals surface area (Å²) in [7, 11) is 4.29. The van der Waals surface area contributed by atoms with Crippen molar-refractivity contribution in [3.8, 4) is 0 Å². The molecule has 1 aliphatic rings. The van der Waals surface area contributed by atoms with Crippen LogP contribution < -0.4 is 5.32 Å². The second-order valence-corrected chi connectivity index (χ2v) is 5.77. The molecule has 0 aromatic carbocycles. The van der Waals surface area contributed by atoms with Crippen LogP contribution in [0, 0.1) is 5.92 Å². The predicted octanol–water partition coefficient (Wildman–Crippen LogP) is 1.28. The lowest BCUT2D eigenvalue weighted by atomic mass is 9.90. The predicted molar refractivity (Wildman–Crippen MR) is 74.6 cm³/mol. The van der Waals surface area contributed by atoms with Gasteiger partial charge in [-0.05, 0) is 26.3 Å². The maximum absolute atomic E-state index is 4.36. The van der Waals surface area contributed by atoms with Gasteiger partial charge >= 0.3 is 0 Å². The SMILES string of the molecule is CC1CN(C)C(C)CC1NCCc1nccn1C. The average Bonchev–Trinajstić information content (AvgIpc) is 2.72. The average molecular weight is 250 g/mol. The topological polar surface area (TPSA) is 33.1 Å². The fraction of sp³-hybridized carbons (Fsp3) is 0.786. The van der Waals surface area contributed by atoms with E-state index in [0.29, 0.717) is 12.1 Å². The van der Waals surface area contributed by atoms with Gasteiger partial charge in [0.15, 0.2) is 0 Å². The minimum absolute atomic E-state index is 0.650. The molecule has 2 heterocycles. The molecule has 4 nitrogen and oxygen atoms in total. The minimum Gasteiger partial charge on any atom is -0.338 e. The summed E-state index contributed by atoms with van der Waals surface area (Å²) in [6.45, 7) is 6.89. The van der Waals surface area contributed by atoms with Crippen LogP contribution in [0.2, 0.25) is 0 Å². The summed E-state index contributed by atoms with van der Waals surface area (Å²) in [5.41, 5.74) is 0. The third kappa shape index (κ3) is 3.12. The van der Waals surface area contributed by atoms with Gasteiger partial charge in [0.1, 0.15) is 5.82 Å². The first-order chi connectivity index (χ1) is 8.58. The van der Waals surface area contributed by atoms with Crippen LogP contribution >= 0.6 is 0 Å². The van der Waals surface area contributed by atoms with Gasteiger partial charge < -0.3 is 14.8 Å². The van der Waals surface area contributed by atoms with Crippen molar-refractivity contribution in [2.75, 3.05) is 20.1 Å². The van der Waals surface area contributed by atoms with Gasteiger partial charge in [-0.25, -0.2) is 4.98 Å². The zero-order valence-electron chi connectivity index (χ0n) is 12.1. The molecular weight excluding hydrogens is 224 g/mol. The van der Waals surface area contributed by atoms with Gasteiger partial charge in [0.2, 0.25) is 0 Å². The highest BCUT2D eigenvalue weighted by Crippen LogP contribution is 2.20. The van der Waals surface area contributed by atoms with E-state index in [0.717, 1.165) is 24.7 Å². The van der Waals surface area contributed by atoms with Crippen molar-refractivity contribution in [3.05, 3.63) is 18.2 Å². The Hall–Kier alpha value is -0.870. The Bertz CT molecular complexity index is 374. The third-order valence-corrected chi connectivity index (χ3v) is 4.29. The lowest BCUT2D eigenvalue weighted by Gasteiger charge is -2.40. The summed E-state index contributed by atoms with van der Waals surface area (Å²) in [4.78, 5) is 6.82. The van der Waals surface area contributed by atoms with E-state index in [1.807, 2.05) is 12.4 Å². The van der Waals surface area contributed by atoms with Crippen LogP contribution in [-0.2, 0) is 13.5 Å². The van der Waals surface area contributed by atoms with Crippen LogP contribution in [-0.4, -0.2) is 46.7 Å². The lowest BCUT2D eigenvalue weighted by molar-refractivity contribution is 0.122. The highest BCUT2D eigenvalue weighted by molar-refractivity contribution is 4.93. The van der Waals surface area contributed by atoms with E-state index in [1.54, 1.807) is 0 Å². The number of piperidine rings is 1. The molecule has 0 radical (unpaired) electrons. The molecular formula is C14H26N4. The molecule has 1 aliphatic heterocycles. The zero-order chi connectivity index (χ0) is 13.1. The molecule has 0 aliphatic carbocycles. The molecule has 18 heavy (non-hydrogen) atoms. The van der Waals surface area contributed by atoms with E-state index in [-0.39, 0.29) is 0 Å². The van der Waals surface area contributed by atoms with Crippen molar-refractivity contribution in [1.29, 1.82) is 0 Å². The van der Waals surface area contributed by atoms with E-state index in [1.165, 1.54) is 13.0 Å². The summed E-state index contributed by atoms with van der Waals surface area (Å²) in [6, 6.07) is 1.34. The molecule has 1 N–H and O–H groups in total. The number of hydrogen-bond acceptors (Lipinski definition) is 3. The molecule has 2 rings (SSSR count). The highest BCUT2D eigenvalue weighted by atomic mass is 15.2. The third-order valence-electron chi connectivity index (χ3n) is 4.29. The first-order valence-corrected chi connectivity index (χ1v) is 6.97. The second-order valence-electron chi connectivity index (χ2n) is 5.77. The van der Waals surface area contributed by atoms with Crippen LogP contribution in [0.3, 0.4) is 0 Å². The van der Waals surface area contributed by atoms with Crippen LogP contribution in [0.4, 0.5) is 0 Å². The summed E-state index contributed by atoms with van der Waals surface area (Å²) >= 11 is 0. The smallest absolute Gasteiger partial charge is 0.109 e. The van der Waals surface area contributed by atoms with E-state index >= 15 is 0 Å². The highest BCUT2D eigenvalue weighted by Gasteiger charge is 2.28. The van der Waals surface area contributed by atoms with Crippen molar-refractivity contribution < 1.29 is 0 Å². The number of aromatic nitrogens is 2. The van der Waals surface area contributed by atoms with E-state index < -0.39 is 0 Å². The molecule has 3 unspecified atom stereocenters. The van der Waals surface area contributed by atoms with E-state index in [4.69, 9.17) is 0 Å². The Kier molecular flexibility index (Phi) is 4.40. The first-order valence-electron chi connectivity index (χ1n) is 6.97. The zero-order valence-corrected chi connectivity index (χ0v) is 12.1. The lowest BCUT2D eigenvalue weighted by Crippen LogP contribution is -2.51. The summed E-state index contributed by atoms with van der Waals surface area (Å²) in [5.74, 6) is 1.89. The molecule has 0 saturated carbocycles. The van der Waals surface area contributed by atoms with Gasteiger partial charge in [-0.1, -0.05) is 6.92 Å². The summed E-state index contributed by atoms with van der Waals surface area (Å²) in [6.07, 6.45) is 6.14. The minimum atomic E-state index is 0.650. The fourth-order valence-corrected chi connectivity index (χ4v) is 2.83. The van der Waals surface area contributed by atoms with Gasteiger partial charge in [0, 0.05) is 51.0 Å². The molecule has 1 saturated heterocycles. The van der Waals surface area contributed by atoms with Crippen LogP contribution in [0.1, 0.15) is 26.1 Å². The number of aryl methyl sites for hydroxylation is 1. The molecule has 1 aromatic heterocycles. The van der Waals surface area contributed by atoms with Crippen molar-refractivity contribution in [2.24, 2.45) is 13.0 Å². The normalized spacial score (nSPS) is 29.7. The van der Waals surface area contributed by atoms with Crippen LogP contribution in [0.5, 0.6) is 0 Å². The number of nitrogens with zero attached hydrogens (tertiary/aromatic N) is 3. The van der Waals surface area contributed by atoms with Crippen LogP contribution in [0.25, 0.3) is 0 Å². The van der Waals surface area contributed by atoms with E-state index in [2.05, 4.69) is 47.7 Å². The molecule has 1 aromatic rings. The quantitative estimate of drug-likeness (QED) is 0.874. The largest absolute Gasteiger partial charge is 0.338 e. The van der Waals surface area contributed by atoms with Crippen molar-refractivity contribution in [2.45, 2.75) is 38.8 Å². The number of imidazole rings is 1. The van der Waals surface area contributed by atoms with Gasteiger partial charge in [-0.3, -0.25) is 0 Å². The van der Waals surface area contributed by atoms with Crippen molar-refractivity contribution >= 4 is 0 Å². The van der Waals surface area contributed by atoms with Gasteiger partial charge in [0.05, 0.1) is 0 Å². The fourth-order valence-electron chi connectivity index (χ4n) is 2.83. The maximum atomic E-state index is 4.36. The Morgan fingerprint density at radius 3 is 2.83 bits per heavy atom. The second kappa shape index (κ2) is 5.85. The van der Waals surface area contributed by atoms with Crippen LogP contribution in [0.15, 0.2) is 12.4 Å². The van der Waals surface area contributed by atoms with Gasteiger partial charge in [-0.15, -0.1) is 0 Å². The molecule has 0 spiro atoms. The molecule has 0 amide bonds. The Labute approximate surface area is 110 Å². The summed E-state index contributed by atoms with van der Waals surface area (Å²) in [5, 5.41) is 3.71. The molecule has 1 fully saturated rings. The Morgan fingerprint density at radius 2 is 2.17 bits per heavy atom. The number of nitrogens with one attached hydrogen (secondary N) is 1. The monoisotopic (exact) mass is 250 g/mol. The molecule has 3 atom stereocenters. The molecule has 102 valence electrons. The maximum Gasteiger partial charge on any atom is 0.109 e. The number of rotatable bonds is 4. The molecule has 4 heteroatoms. The molecule has 0 bridgehead atoms. The number of hydrogen-bond donors (Lipinski definition) is 1. The standard InChI is InChI=1S/C14H26N4/c1-11-10-18(4)12(2)9-13(11)15-6-5-14-16-7-8-17(14)3/h7-8,11-13,15H,5-6,9-10H2,1-4H3. The number of likely N-dealkylation sites (tertiary alicyclic amines) is 1.